The number of hydrogen-bond acceptors (Lipinski definition) is 3. The van der Waals surface area contributed by atoms with Gasteiger partial charge in [0, 0.05) is 13.1 Å². The van der Waals surface area contributed by atoms with Crippen molar-refractivity contribution < 1.29 is 14.6 Å². The quantitative estimate of drug-likeness (QED) is 0.758. The second kappa shape index (κ2) is 5.83. The van der Waals surface area contributed by atoms with Crippen molar-refractivity contribution in [2.24, 2.45) is 0 Å². The van der Waals surface area contributed by atoms with Crippen molar-refractivity contribution in [1.29, 1.82) is 0 Å². The highest BCUT2D eigenvalue weighted by Gasteiger charge is 2.32. The van der Waals surface area contributed by atoms with Crippen LogP contribution in [0.2, 0.25) is 0 Å². The normalized spacial score (nSPS) is 25.2. The Kier molecular flexibility index (Phi) is 4.40. The molecule has 2 rings (SSSR count). The number of β-amino-alcohol motifs (C(OH)–C–C–N with tert-alkyl or cyclic N) is 1. The van der Waals surface area contributed by atoms with E-state index in [4.69, 9.17) is 4.74 Å². The predicted molar refractivity (Wildman–Crippen MR) is 64.6 cm³/mol. The van der Waals surface area contributed by atoms with Crippen LogP contribution in [0.1, 0.15) is 45.4 Å². The summed E-state index contributed by atoms with van der Waals surface area (Å²) < 4.78 is 5.85. The van der Waals surface area contributed by atoms with Gasteiger partial charge in [0.2, 0.25) is 0 Å². The molecule has 1 amide bonds. The Morgan fingerprint density at radius 1 is 1.24 bits per heavy atom. The average Bonchev–Trinajstić information content (AvgIpc) is 2.52. The van der Waals surface area contributed by atoms with Crippen LogP contribution in [0.4, 0.5) is 0 Å². The van der Waals surface area contributed by atoms with E-state index in [0.717, 1.165) is 12.8 Å². The SMILES string of the molecule is CC(OC1CCCCCC1)C(=O)N1CC(O)C1. The summed E-state index contributed by atoms with van der Waals surface area (Å²) in [4.78, 5) is 13.6. The number of carbonyl (C=O) groups is 1. The Morgan fingerprint density at radius 2 is 1.82 bits per heavy atom. The molecule has 1 atom stereocenters. The molecule has 1 aliphatic carbocycles. The molecule has 17 heavy (non-hydrogen) atoms. The van der Waals surface area contributed by atoms with Gasteiger partial charge in [0.1, 0.15) is 6.10 Å². The first-order valence-corrected chi connectivity index (χ1v) is 6.79. The zero-order valence-corrected chi connectivity index (χ0v) is 10.6. The number of rotatable bonds is 3. The Balaban J connectivity index is 1.75. The lowest BCUT2D eigenvalue weighted by Crippen LogP contribution is -2.56. The first-order chi connectivity index (χ1) is 8.16. The molecular weight excluding hydrogens is 218 g/mol. The van der Waals surface area contributed by atoms with Gasteiger partial charge in [-0.3, -0.25) is 4.79 Å². The third kappa shape index (κ3) is 3.42. The van der Waals surface area contributed by atoms with Crippen molar-refractivity contribution in [2.75, 3.05) is 13.1 Å². The highest BCUT2D eigenvalue weighted by molar-refractivity contribution is 5.81. The zero-order valence-electron chi connectivity index (χ0n) is 10.6. The van der Waals surface area contributed by atoms with Gasteiger partial charge in [-0.2, -0.15) is 0 Å². The Bertz CT molecular complexity index is 255. The summed E-state index contributed by atoms with van der Waals surface area (Å²) in [5.41, 5.74) is 0. The molecule has 4 heteroatoms. The molecular formula is C13H23NO3. The number of aliphatic hydroxyl groups is 1. The minimum absolute atomic E-state index is 0.0274. The number of nitrogens with zero attached hydrogens (tertiary/aromatic N) is 1. The van der Waals surface area contributed by atoms with Crippen molar-refractivity contribution in [2.45, 2.75) is 63.8 Å². The van der Waals surface area contributed by atoms with E-state index in [2.05, 4.69) is 0 Å². The summed E-state index contributed by atoms with van der Waals surface area (Å²) in [7, 11) is 0. The second-order valence-corrected chi connectivity index (χ2v) is 5.29. The van der Waals surface area contributed by atoms with Crippen LogP contribution in [0.5, 0.6) is 0 Å². The van der Waals surface area contributed by atoms with Crippen LogP contribution in [0, 0.1) is 0 Å². The van der Waals surface area contributed by atoms with Crippen LogP contribution in [0.25, 0.3) is 0 Å². The number of carbonyl (C=O) groups excluding carboxylic acids is 1. The van der Waals surface area contributed by atoms with Crippen molar-refractivity contribution in [3.05, 3.63) is 0 Å². The highest BCUT2D eigenvalue weighted by Crippen LogP contribution is 2.22. The molecule has 1 saturated heterocycles. The first-order valence-electron chi connectivity index (χ1n) is 6.79. The van der Waals surface area contributed by atoms with Gasteiger partial charge in [0.05, 0.1) is 12.2 Å². The average molecular weight is 241 g/mol. The number of aliphatic hydroxyl groups excluding tert-OH is 1. The molecule has 1 heterocycles. The molecule has 1 aliphatic heterocycles. The Morgan fingerprint density at radius 3 is 2.35 bits per heavy atom. The fourth-order valence-electron chi connectivity index (χ4n) is 2.62. The number of hydrogen-bond donors (Lipinski definition) is 1. The Labute approximate surface area is 103 Å². The summed E-state index contributed by atoms with van der Waals surface area (Å²) in [6.07, 6.45) is 6.75. The fraction of sp³-hybridized carbons (Fsp3) is 0.923. The zero-order chi connectivity index (χ0) is 12.3. The minimum Gasteiger partial charge on any atom is -0.389 e. The van der Waals surface area contributed by atoms with Gasteiger partial charge < -0.3 is 14.7 Å². The van der Waals surface area contributed by atoms with E-state index in [1.165, 1.54) is 25.7 Å². The third-order valence-corrected chi connectivity index (χ3v) is 3.72. The van der Waals surface area contributed by atoms with E-state index in [9.17, 15) is 9.90 Å². The molecule has 0 aromatic carbocycles. The van der Waals surface area contributed by atoms with E-state index < -0.39 is 0 Å². The maximum absolute atomic E-state index is 11.9. The first kappa shape index (κ1) is 12.8. The number of likely N-dealkylation sites (tertiary alicyclic amines) is 1. The summed E-state index contributed by atoms with van der Waals surface area (Å²) in [6, 6.07) is 0. The summed E-state index contributed by atoms with van der Waals surface area (Å²) in [5.74, 6) is 0.0274. The topological polar surface area (TPSA) is 49.8 Å². The third-order valence-electron chi connectivity index (χ3n) is 3.72. The lowest BCUT2D eigenvalue weighted by molar-refractivity contribution is -0.156. The molecule has 2 fully saturated rings. The lowest BCUT2D eigenvalue weighted by atomic mass is 10.1. The van der Waals surface area contributed by atoms with Crippen molar-refractivity contribution in [1.82, 2.24) is 4.90 Å². The highest BCUT2D eigenvalue weighted by atomic mass is 16.5. The summed E-state index contributed by atoms with van der Waals surface area (Å²) >= 11 is 0. The predicted octanol–water partition coefficient (Wildman–Crippen LogP) is 1.32. The molecule has 98 valence electrons. The van der Waals surface area contributed by atoms with Crippen LogP contribution >= 0.6 is 0 Å². The lowest BCUT2D eigenvalue weighted by Gasteiger charge is -2.37. The smallest absolute Gasteiger partial charge is 0.251 e. The monoisotopic (exact) mass is 241 g/mol. The van der Waals surface area contributed by atoms with Gasteiger partial charge in [-0.25, -0.2) is 0 Å². The van der Waals surface area contributed by atoms with Crippen LogP contribution in [-0.4, -0.2) is 47.3 Å². The number of ether oxygens (including phenoxy) is 1. The van der Waals surface area contributed by atoms with Crippen molar-refractivity contribution in [3.63, 3.8) is 0 Å². The minimum atomic E-state index is -0.356. The maximum atomic E-state index is 11.9. The molecule has 2 aliphatic rings. The molecule has 0 bridgehead atoms. The van der Waals surface area contributed by atoms with E-state index >= 15 is 0 Å². The molecule has 0 spiro atoms. The summed E-state index contributed by atoms with van der Waals surface area (Å²) in [6.45, 7) is 2.77. The van der Waals surface area contributed by atoms with Crippen LogP contribution in [0.15, 0.2) is 0 Å². The van der Waals surface area contributed by atoms with Gasteiger partial charge in [-0.05, 0) is 19.8 Å². The van der Waals surface area contributed by atoms with E-state index in [-0.39, 0.29) is 24.2 Å². The van der Waals surface area contributed by atoms with Crippen LogP contribution < -0.4 is 0 Å². The second-order valence-electron chi connectivity index (χ2n) is 5.29. The molecule has 4 nitrogen and oxygen atoms in total. The standard InChI is InChI=1S/C13H23NO3/c1-10(13(16)14-8-11(15)9-14)17-12-6-4-2-3-5-7-12/h10-12,15H,2-9H2,1H3. The van der Waals surface area contributed by atoms with E-state index in [0.29, 0.717) is 13.1 Å². The van der Waals surface area contributed by atoms with Crippen molar-refractivity contribution in [3.8, 4) is 0 Å². The van der Waals surface area contributed by atoms with Crippen LogP contribution in [-0.2, 0) is 9.53 Å². The van der Waals surface area contributed by atoms with Crippen molar-refractivity contribution >= 4 is 5.91 Å². The largest absolute Gasteiger partial charge is 0.389 e. The van der Waals surface area contributed by atoms with Gasteiger partial charge in [0.25, 0.3) is 5.91 Å². The fourth-order valence-corrected chi connectivity index (χ4v) is 2.62. The van der Waals surface area contributed by atoms with Gasteiger partial charge >= 0.3 is 0 Å². The summed E-state index contributed by atoms with van der Waals surface area (Å²) in [5, 5.41) is 9.17. The molecule has 0 radical (unpaired) electrons. The number of amides is 1. The van der Waals surface area contributed by atoms with Gasteiger partial charge in [-0.15, -0.1) is 0 Å². The van der Waals surface area contributed by atoms with Gasteiger partial charge in [-0.1, -0.05) is 25.7 Å². The van der Waals surface area contributed by atoms with E-state index in [1.54, 1.807) is 4.90 Å². The molecule has 1 saturated carbocycles. The molecule has 0 aromatic heterocycles. The molecule has 0 aromatic rings. The molecule has 1 N–H and O–H groups in total. The van der Waals surface area contributed by atoms with Gasteiger partial charge in [0.15, 0.2) is 0 Å². The van der Waals surface area contributed by atoms with E-state index in [1.807, 2.05) is 6.92 Å². The maximum Gasteiger partial charge on any atom is 0.251 e. The molecule has 1 unspecified atom stereocenters. The van der Waals surface area contributed by atoms with Crippen LogP contribution in [0.3, 0.4) is 0 Å². The Hall–Kier alpha value is -0.610.